The minimum atomic E-state index is -0.266. The van der Waals surface area contributed by atoms with Gasteiger partial charge in [-0.05, 0) is 25.1 Å². The molecule has 0 saturated heterocycles. The summed E-state index contributed by atoms with van der Waals surface area (Å²) in [5, 5.41) is 4.11. The predicted octanol–water partition coefficient (Wildman–Crippen LogP) is 3.84. The van der Waals surface area contributed by atoms with E-state index in [1.165, 1.54) is 12.4 Å². The van der Waals surface area contributed by atoms with Gasteiger partial charge in [0.2, 0.25) is 0 Å². The number of nitrogens with one attached hydrogen (secondary N) is 1. The number of carbonyl (C=O) groups is 1. The number of amides is 1. The van der Waals surface area contributed by atoms with E-state index in [1.807, 2.05) is 37.3 Å². The summed E-state index contributed by atoms with van der Waals surface area (Å²) in [6, 6.07) is 11.1. The molecule has 0 fully saturated rings. The van der Waals surface area contributed by atoms with Crippen molar-refractivity contribution < 1.29 is 4.79 Å². The second-order valence-electron chi connectivity index (χ2n) is 4.64. The second kappa shape index (κ2) is 5.50. The van der Waals surface area contributed by atoms with Crippen molar-refractivity contribution in [2.24, 2.45) is 0 Å². The zero-order valence-corrected chi connectivity index (χ0v) is 12.1. The SMILES string of the molecule is Cc1cc(NC(=O)c2ccncc2Cl)c2ccccc2n1. The lowest BCUT2D eigenvalue weighted by Crippen LogP contribution is -2.13. The average Bonchev–Trinajstić information content (AvgIpc) is 2.47. The highest BCUT2D eigenvalue weighted by Gasteiger charge is 2.12. The number of carbonyl (C=O) groups excluding carboxylic acids is 1. The van der Waals surface area contributed by atoms with Crippen molar-refractivity contribution in [1.82, 2.24) is 9.97 Å². The molecule has 2 aromatic heterocycles. The number of para-hydroxylation sites is 1. The molecule has 3 aromatic rings. The predicted molar refractivity (Wildman–Crippen MR) is 83.7 cm³/mol. The molecule has 1 amide bonds. The lowest BCUT2D eigenvalue weighted by molar-refractivity contribution is 0.102. The summed E-state index contributed by atoms with van der Waals surface area (Å²) in [7, 11) is 0. The van der Waals surface area contributed by atoms with Crippen LogP contribution in [0.5, 0.6) is 0 Å². The van der Waals surface area contributed by atoms with Gasteiger partial charge in [-0.3, -0.25) is 14.8 Å². The molecular formula is C16H12ClN3O. The largest absolute Gasteiger partial charge is 0.321 e. The molecule has 0 aliphatic heterocycles. The molecular weight excluding hydrogens is 286 g/mol. The number of rotatable bonds is 2. The number of anilines is 1. The second-order valence-corrected chi connectivity index (χ2v) is 5.05. The molecule has 0 radical (unpaired) electrons. The average molecular weight is 298 g/mol. The smallest absolute Gasteiger partial charge is 0.257 e. The Bertz CT molecular complexity index is 833. The zero-order chi connectivity index (χ0) is 14.8. The maximum absolute atomic E-state index is 12.3. The molecule has 0 saturated carbocycles. The summed E-state index contributed by atoms with van der Waals surface area (Å²) >= 11 is 6.00. The van der Waals surface area contributed by atoms with E-state index in [2.05, 4.69) is 15.3 Å². The van der Waals surface area contributed by atoms with Gasteiger partial charge in [-0.15, -0.1) is 0 Å². The Labute approximate surface area is 126 Å². The normalized spacial score (nSPS) is 10.6. The third-order valence-corrected chi connectivity index (χ3v) is 3.41. The van der Waals surface area contributed by atoms with E-state index in [0.717, 1.165) is 22.3 Å². The topological polar surface area (TPSA) is 54.9 Å². The fraction of sp³-hybridized carbons (Fsp3) is 0.0625. The monoisotopic (exact) mass is 297 g/mol. The zero-order valence-electron chi connectivity index (χ0n) is 11.3. The van der Waals surface area contributed by atoms with Crippen molar-refractivity contribution in [1.29, 1.82) is 0 Å². The van der Waals surface area contributed by atoms with Crippen LogP contribution in [0, 0.1) is 6.92 Å². The van der Waals surface area contributed by atoms with E-state index in [1.54, 1.807) is 6.07 Å². The highest BCUT2D eigenvalue weighted by atomic mass is 35.5. The lowest BCUT2D eigenvalue weighted by Gasteiger charge is -2.10. The van der Waals surface area contributed by atoms with Crippen LogP contribution in [0.4, 0.5) is 5.69 Å². The van der Waals surface area contributed by atoms with Gasteiger partial charge in [-0.2, -0.15) is 0 Å². The number of nitrogens with zero attached hydrogens (tertiary/aromatic N) is 2. The first kappa shape index (κ1) is 13.5. The number of hydrogen-bond donors (Lipinski definition) is 1. The number of aryl methyl sites for hydroxylation is 1. The van der Waals surface area contributed by atoms with Gasteiger partial charge in [-0.25, -0.2) is 0 Å². The molecule has 1 N–H and O–H groups in total. The van der Waals surface area contributed by atoms with Crippen molar-refractivity contribution in [3.63, 3.8) is 0 Å². The quantitative estimate of drug-likeness (QED) is 0.782. The number of benzene rings is 1. The van der Waals surface area contributed by atoms with Crippen LogP contribution in [0.1, 0.15) is 16.1 Å². The maximum Gasteiger partial charge on any atom is 0.257 e. The molecule has 0 atom stereocenters. The van der Waals surface area contributed by atoms with Crippen LogP contribution in [-0.4, -0.2) is 15.9 Å². The van der Waals surface area contributed by atoms with Gasteiger partial charge < -0.3 is 5.32 Å². The third-order valence-electron chi connectivity index (χ3n) is 3.11. The Hall–Kier alpha value is -2.46. The van der Waals surface area contributed by atoms with E-state index >= 15 is 0 Å². The number of halogens is 1. The Morgan fingerprint density at radius 1 is 1.24 bits per heavy atom. The van der Waals surface area contributed by atoms with Gasteiger partial charge in [-0.1, -0.05) is 29.8 Å². The maximum atomic E-state index is 12.3. The lowest BCUT2D eigenvalue weighted by atomic mass is 10.1. The summed E-state index contributed by atoms with van der Waals surface area (Å²) in [6.07, 6.45) is 2.99. The molecule has 0 bridgehead atoms. The molecule has 0 unspecified atom stereocenters. The van der Waals surface area contributed by atoms with Gasteiger partial charge in [0.15, 0.2) is 0 Å². The first-order chi connectivity index (χ1) is 10.1. The van der Waals surface area contributed by atoms with E-state index < -0.39 is 0 Å². The number of pyridine rings is 2. The van der Waals surface area contributed by atoms with Crippen molar-refractivity contribution >= 4 is 34.1 Å². The number of aromatic nitrogens is 2. The molecule has 0 aliphatic carbocycles. The van der Waals surface area contributed by atoms with Crippen LogP contribution in [-0.2, 0) is 0 Å². The number of hydrogen-bond acceptors (Lipinski definition) is 3. The summed E-state index contributed by atoms with van der Waals surface area (Å²) in [5.74, 6) is -0.266. The number of fused-ring (bicyclic) bond motifs is 1. The molecule has 5 heteroatoms. The molecule has 4 nitrogen and oxygen atoms in total. The summed E-state index contributed by atoms with van der Waals surface area (Å²) in [4.78, 5) is 20.7. The standard InChI is InChI=1S/C16H12ClN3O/c1-10-8-15(12-4-2-3-5-14(12)19-10)20-16(21)11-6-7-18-9-13(11)17/h2-9H,1H3,(H,19,20,21). The summed E-state index contributed by atoms with van der Waals surface area (Å²) in [6.45, 7) is 1.89. The summed E-state index contributed by atoms with van der Waals surface area (Å²) < 4.78 is 0. The highest BCUT2D eigenvalue weighted by molar-refractivity contribution is 6.34. The first-order valence-electron chi connectivity index (χ1n) is 6.42. The van der Waals surface area contributed by atoms with Gasteiger partial charge in [0.25, 0.3) is 5.91 Å². The van der Waals surface area contributed by atoms with Gasteiger partial charge >= 0.3 is 0 Å². The molecule has 0 aliphatic rings. The van der Waals surface area contributed by atoms with Crippen LogP contribution in [0.2, 0.25) is 5.02 Å². The van der Waals surface area contributed by atoms with Crippen LogP contribution >= 0.6 is 11.6 Å². The molecule has 21 heavy (non-hydrogen) atoms. The van der Waals surface area contributed by atoms with E-state index in [4.69, 9.17) is 11.6 Å². The molecule has 1 aromatic carbocycles. The minimum Gasteiger partial charge on any atom is -0.321 e. The van der Waals surface area contributed by atoms with E-state index in [9.17, 15) is 4.79 Å². The fourth-order valence-corrected chi connectivity index (χ4v) is 2.37. The third kappa shape index (κ3) is 2.71. The van der Waals surface area contributed by atoms with E-state index in [-0.39, 0.29) is 5.91 Å². The Morgan fingerprint density at radius 3 is 2.86 bits per heavy atom. The van der Waals surface area contributed by atoms with Gasteiger partial charge in [0.05, 0.1) is 21.8 Å². The molecule has 2 heterocycles. The fourth-order valence-electron chi connectivity index (χ4n) is 2.16. The Kier molecular flexibility index (Phi) is 3.54. The Balaban J connectivity index is 2.02. The molecule has 3 rings (SSSR count). The van der Waals surface area contributed by atoms with Crippen molar-refractivity contribution in [3.05, 3.63) is 65.1 Å². The molecule has 104 valence electrons. The van der Waals surface area contributed by atoms with Crippen LogP contribution in [0.25, 0.3) is 10.9 Å². The van der Waals surface area contributed by atoms with Crippen molar-refractivity contribution in [2.75, 3.05) is 5.32 Å². The van der Waals surface area contributed by atoms with Crippen LogP contribution < -0.4 is 5.32 Å². The highest BCUT2D eigenvalue weighted by Crippen LogP contribution is 2.24. The minimum absolute atomic E-state index is 0.266. The van der Waals surface area contributed by atoms with Crippen LogP contribution in [0.3, 0.4) is 0 Å². The van der Waals surface area contributed by atoms with E-state index in [0.29, 0.717) is 10.6 Å². The first-order valence-corrected chi connectivity index (χ1v) is 6.80. The van der Waals surface area contributed by atoms with Crippen LogP contribution in [0.15, 0.2) is 48.8 Å². The van der Waals surface area contributed by atoms with Crippen molar-refractivity contribution in [2.45, 2.75) is 6.92 Å². The molecule has 0 spiro atoms. The Morgan fingerprint density at radius 2 is 2.05 bits per heavy atom. The van der Waals surface area contributed by atoms with Gasteiger partial charge in [0, 0.05) is 23.5 Å². The van der Waals surface area contributed by atoms with Crippen molar-refractivity contribution in [3.8, 4) is 0 Å². The summed E-state index contributed by atoms with van der Waals surface area (Å²) in [5.41, 5.74) is 2.79. The van der Waals surface area contributed by atoms with Gasteiger partial charge in [0.1, 0.15) is 0 Å².